The van der Waals surface area contributed by atoms with Crippen molar-refractivity contribution in [3.05, 3.63) is 135 Å². The van der Waals surface area contributed by atoms with Gasteiger partial charge >= 0.3 is 16.8 Å². The highest BCUT2D eigenvalue weighted by atomic mass is 32.1. The summed E-state index contributed by atoms with van der Waals surface area (Å²) >= 11 is 1.14. The number of carbonyl (C=O) groups excluding carboxylic acids is 1. The van der Waals surface area contributed by atoms with Crippen LogP contribution in [0.5, 0.6) is 5.75 Å². The van der Waals surface area contributed by atoms with Gasteiger partial charge in [0.25, 0.3) is 0 Å². The molecule has 4 aromatic carbocycles. The minimum absolute atomic E-state index is 0.108. The first-order valence-electron chi connectivity index (χ1n) is 18.9. The Hall–Kier alpha value is -5.30. The molecule has 1 fully saturated rings. The van der Waals surface area contributed by atoms with Crippen LogP contribution < -0.4 is 15.5 Å². The van der Waals surface area contributed by atoms with Gasteiger partial charge in [0.2, 0.25) is 5.91 Å². The number of phenols is 1. The Morgan fingerprint density at radius 3 is 1.80 bits per heavy atom. The third kappa shape index (κ3) is 14.8. The maximum atomic E-state index is 13.3. The van der Waals surface area contributed by atoms with E-state index in [2.05, 4.69) is 44.8 Å². The summed E-state index contributed by atoms with van der Waals surface area (Å²) in [6.07, 6.45) is 9.40. The molecule has 292 valence electrons. The number of H-pyrrole nitrogens is 1. The number of amides is 1. The Balaban J connectivity index is 0.000000303. The van der Waals surface area contributed by atoms with Crippen LogP contribution in [0.25, 0.3) is 10.2 Å². The Kier molecular flexibility index (Phi) is 18.1. The van der Waals surface area contributed by atoms with Crippen LogP contribution in [0.4, 0.5) is 0 Å². The number of phenolic OH excluding ortho intramolecular Hbond substituents is 1. The highest BCUT2D eigenvalue weighted by molar-refractivity contribution is 7.16. The molecule has 0 saturated heterocycles. The fourth-order valence-electron chi connectivity index (χ4n) is 6.40. The number of aromatic nitrogens is 1. The van der Waals surface area contributed by atoms with Crippen LogP contribution in [0.2, 0.25) is 0 Å². The van der Waals surface area contributed by atoms with Gasteiger partial charge in [0.1, 0.15) is 11.3 Å². The van der Waals surface area contributed by atoms with Crippen LogP contribution in [-0.4, -0.2) is 81.8 Å². The van der Waals surface area contributed by atoms with Crippen LogP contribution in [-0.2, 0) is 17.6 Å². The highest BCUT2D eigenvalue weighted by Gasteiger charge is 2.24. The summed E-state index contributed by atoms with van der Waals surface area (Å²) in [6, 6.07) is 30.9. The lowest BCUT2D eigenvalue weighted by Crippen LogP contribution is -2.45. The number of aromatic carboxylic acids is 2. The van der Waals surface area contributed by atoms with Crippen molar-refractivity contribution in [3.63, 3.8) is 0 Å². The van der Waals surface area contributed by atoms with Gasteiger partial charge < -0.3 is 35.8 Å². The maximum Gasteiger partial charge on any atom is 0.335 e. The van der Waals surface area contributed by atoms with Gasteiger partial charge in [-0.25, -0.2) is 9.59 Å². The number of nitrogens with one attached hydrogen (secondary N) is 3. The van der Waals surface area contributed by atoms with Gasteiger partial charge in [-0.15, -0.1) is 0 Å². The smallest absolute Gasteiger partial charge is 0.335 e. The van der Waals surface area contributed by atoms with E-state index in [1.807, 2.05) is 12.1 Å². The second-order valence-corrected chi connectivity index (χ2v) is 14.3. The maximum absolute atomic E-state index is 13.3. The summed E-state index contributed by atoms with van der Waals surface area (Å²) in [5, 5.41) is 33.7. The van der Waals surface area contributed by atoms with Crippen molar-refractivity contribution in [2.24, 2.45) is 0 Å². The van der Waals surface area contributed by atoms with Crippen molar-refractivity contribution in [1.82, 2.24) is 20.5 Å². The van der Waals surface area contributed by atoms with E-state index in [1.165, 1.54) is 31.2 Å². The minimum Gasteiger partial charge on any atom is -0.506 e. The summed E-state index contributed by atoms with van der Waals surface area (Å²) < 4.78 is 0.821. The third-order valence-electron chi connectivity index (χ3n) is 9.32. The number of aromatic hydroxyl groups is 1. The number of carbonyl (C=O) groups is 3. The first-order valence-corrected chi connectivity index (χ1v) is 19.7. The number of hydrogen-bond acceptors (Lipinski definition) is 8. The van der Waals surface area contributed by atoms with Crippen LogP contribution in [0.15, 0.2) is 108 Å². The van der Waals surface area contributed by atoms with E-state index < -0.39 is 11.9 Å². The molecule has 1 amide bonds. The van der Waals surface area contributed by atoms with Gasteiger partial charge in [-0.2, -0.15) is 0 Å². The number of carboxylic acids is 2. The highest BCUT2D eigenvalue weighted by Crippen LogP contribution is 2.28. The Bertz CT molecular complexity index is 1890. The molecular formula is C43H52N4O7S. The van der Waals surface area contributed by atoms with Crippen LogP contribution >= 0.6 is 11.3 Å². The molecule has 1 aromatic heterocycles. The number of benzene rings is 4. The van der Waals surface area contributed by atoms with Crippen LogP contribution in [0.3, 0.4) is 0 Å². The van der Waals surface area contributed by atoms with Gasteiger partial charge in [0.05, 0.1) is 15.8 Å². The predicted octanol–water partition coefficient (Wildman–Crippen LogP) is 6.97. The molecule has 55 heavy (non-hydrogen) atoms. The number of rotatable bonds is 15. The Morgan fingerprint density at radius 2 is 1.24 bits per heavy atom. The van der Waals surface area contributed by atoms with E-state index in [9.17, 15) is 24.3 Å². The van der Waals surface area contributed by atoms with Gasteiger partial charge in [0.15, 0.2) is 0 Å². The van der Waals surface area contributed by atoms with E-state index in [4.69, 9.17) is 10.2 Å². The van der Waals surface area contributed by atoms with Crippen molar-refractivity contribution in [2.75, 3.05) is 32.7 Å². The van der Waals surface area contributed by atoms with Crippen molar-refractivity contribution in [1.29, 1.82) is 0 Å². The van der Waals surface area contributed by atoms with Crippen molar-refractivity contribution < 1.29 is 29.7 Å². The topological polar surface area (TPSA) is 172 Å². The Morgan fingerprint density at radius 1 is 0.691 bits per heavy atom. The molecule has 1 saturated carbocycles. The second kappa shape index (κ2) is 23.5. The number of thiazole rings is 1. The molecule has 1 aliphatic carbocycles. The van der Waals surface area contributed by atoms with E-state index >= 15 is 0 Å². The second-order valence-electron chi connectivity index (χ2n) is 13.3. The van der Waals surface area contributed by atoms with Crippen molar-refractivity contribution in [2.45, 2.75) is 63.8 Å². The predicted molar refractivity (Wildman–Crippen MR) is 218 cm³/mol. The summed E-state index contributed by atoms with van der Waals surface area (Å²) in [7, 11) is 0. The van der Waals surface area contributed by atoms with E-state index in [0.29, 0.717) is 35.7 Å². The molecule has 0 atom stereocenters. The lowest BCUT2D eigenvalue weighted by Gasteiger charge is -2.32. The molecule has 5 aromatic rings. The molecule has 0 spiro atoms. The Labute approximate surface area is 326 Å². The van der Waals surface area contributed by atoms with Gasteiger partial charge in [0, 0.05) is 32.1 Å². The van der Waals surface area contributed by atoms with Gasteiger partial charge in [-0.3, -0.25) is 9.59 Å². The minimum atomic E-state index is -0.879. The molecule has 6 N–H and O–H groups in total. The number of carboxylic acid groups (broad SMARTS) is 2. The lowest BCUT2D eigenvalue weighted by atomic mass is 10.1. The van der Waals surface area contributed by atoms with E-state index in [0.717, 1.165) is 73.5 Å². The van der Waals surface area contributed by atoms with Crippen LogP contribution in [0.1, 0.15) is 76.8 Å². The molecule has 0 unspecified atom stereocenters. The fourth-order valence-corrected chi connectivity index (χ4v) is 7.30. The number of aromatic amines is 1. The SMILES string of the molecule is O=C(CCNCCc1ccccc1)N(CCNCCc1ccc(O)c2[nH]c(=O)sc12)C1CCCCCC1.O=C(O)c1ccccc1.O=C(O)c1ccccc1. The summed E-state index contributed by atoms with van der Waals surface area (Å²) in [5.74, 6) is -1.40. The average molecular weight is 769 g/mol. The third-order valence-corrected chi connectivity index (χ3v) is 10.3. The lowest BCUT2D eigenvalue weighted by molar-refractivity contribution is -0.133. The quantitative estimate of drug-likeness (QED) is 0.0486. The van der Waals surface area contributed by atoms with Gasteiger partial charge in [-0.1, -0.05) is 110 Å². The molecular weight excluding hydrogens is 717 g/mol. The fraction of sp³-hybridized carbons (Fsp3) is 0.349. The summed E-state index contributed by atoms with van der Waals surface area (Å²) in [6.45, 7) is 3.80. The number of hydrogen-bond donors (Lipinski definition) is 6. The average Bonchev–Trinajstić information content (AvgIpc) is 3.41. The molecule has 0 bridgehead atoms. The molecule has 0 radical (unpaired) electrons. The number of fused-ring (bicyclic) bond motifs is 1. The molecule has 11 nitrogen and oxygen atoms in total. The zero-order valence-electron chi connectivity index (χ0n) is 31.1. The van der Waals surface area contributed by atoms with Gasteiger partial charge in [-0.05, 0) is 80.2 Å². The molecule has 1 heterocycles. The molecule has 0 aliphatic heterocycles. The largest absolute Gasteiger partial charge is 0.506 e. The van der Waals surface area contributed by atoms with Crippen molar-refractivity contribution >= 4 is 39.4 Å². The standard InChI is InChI=1S/C29H40N4O3S.2C7H6O2/c34-25-13-12-23(28-27(25)32-29(36)37-28)15-18-31-20-21-33(24-10-6-1-2-7-11-24)26(35)16-19-30-17-14-22-8-4-3-5-9-22;2*8-7(9)6-4-2-1-3-5-6/h3-5,8-9,12-13,24,30-31,34H,1-2,6-7,10-11,14-21H2,(H,32,36);2*1-5H,(H,8,9). The normalized spacial score (nSPS) is 12.7. The first kappa shape index (κ1) is 42.4. The van der Waals surface area contributed by atoms with Crippen molar-refractivity contribution in [3.8, 4) is 5.75 Å². The molecule has 12 heteroatoms. The monoisotopic (exact) mass is 768 g/mol. The number of nitrogens with zero attached hydrogens (tertiary/aromatic N) is 1. The summed E-state index contributed by atoms with van der Waals surface area (Å²) in [5.41, 5.74) is 3.54. The van der Waals surface area contributed by atoms with E-state index in [1.54, 1.807) is 66.7 Å². The van der Waals surface area contributed by atoms with Crippen LogP contribution in [0, 0.1) is 0 Å². The first-order chi connectivity index (χ1) is 26.7. The summed E-state index contributed by atoms with van der Waals surface area (Å²) in [4.78, 5) is 50.1. The zero-order valence-corrected chi connectivity index (χ0v) is 31.9. The zero-order chi connectivity index (χ0) is 39.3. The molecule has 1 aliphatic rings. The van der Waals surface area contributed by atoms with E-state index in [-0.39, 0.29) is 16.5 Å². The molecule has 6 rings (SSSR count).